The third kappa shape index (κ3) is 7.30. The molecule has 1 heterocycles. The van der Waals surface area contributed by atoms with Crippen molar-refractivity contribution in [2.45, 2.75) is 32.0 Å². The van der Waals surface area contributed by atoms with Crippen LogP contribution in [-0.2, 0) is 17.9 Å². The fourth-order valence-electron chi connectivity index (χ4n) is 3.57. The summed E-state index contributed by atoms with van der Waals surface area (Å²) in [6.07, 6.45) is 1.84. The maximum absolute atomic E-state index is 14.0. The molecule has 0 unspecified atom stereocenters. The Balaban J connectivity index is 1.59. The summed E-state index contributed by atoms with van der Waals surface area (Å²) in [5, 5.41) is 6.39. The van der Waals surface area contributed by atoms with Crippen LogP contribution in [0.5, 0.6) is 0 Å². The Labute approximate surface area is 188 Å². The summed E-state index contributed by atoms with van der Waals surface area (Å²) in [6.45, 7) is 2.84. The fourth-order valence-corrected chi connectivity index (χ4v) is 3.57. The molecule has 0 aromatic heterocycles. The number of likely N-dealkylation sites (N-methyl/N-ethyl adjacent to an activating group) is 1. The van der Waals surface area contributed by atoms with Gasteiger partial charge >= 0.3 is 0 Å². The first-order valence-corrected chi connectivity index (χ1v) is 10.9. The Hall–Kier alpha value is -3.00. The fraction of sp³-hybridized carbons (Fsp3) is 0.417. The SMILES string of the molecule is CN(C)C(=O)CNC(=NCc1cc(F)ccc1F)NC1CCN(Cc2ccccc2)CC1. The number of nitrogens with zero attached hydrogens (tertiary/aromatic N) is 3. The number of benzene rings is 2. The Morgan fingerprint density at radius 3 is 2.53 bits per heavy atom. The minimum Gasteiger partial charge on any atom is -0.354 e. The zero-order chi connectivity index (χ0) is 22.9. The number of carbonyl (C=O) groups excluding carboxylic acids is 1. The van der Waals surface area contributed by atoms with E-state index in [1.54, 1.807) is 14.1 Å². The number of guanidine groups is 1. The quantitative estimate of drug-likeness (QED) is 0.510. The van der Waals surface area contributed by atoms with Crippen molar-refractivity contribution in [2.75, 3.05) is 33.7 Å². The monoisotopic (exact) mass is 443 g/mol. The molecule has 8 heteroatoms. The van der Waals surface area contributed by atoms with Gasteiger partial charge < -0.3 is 15.5 Å². The minimum absolute atomic E-state index is 0.0259. The van der Waals surface area contributed by atoms with E-state index in [0.29, 0.717) is 5.96 Å². The lowest BCUT2D eigenvalue weighted by Gasteiger charge is -2.33. The second-order valence-corrected chi connectivity index (χ2v) is 8.22. The zero-order valence-electron chi connectivity index (χ0n) is 18.7. The number of carbonyl (C=O) groups is 1. The number of amides is 1. The van der Waals surface area contributed by atoms with E-state index in [1.165, 1.54) is 10.5 Å². The minimum atomic E-state index is -0.507. The average Bonchev–Trinajstić information content (AvgIpc) is 2.79. The van der Waals surface area contributed by atoms with Crippen molar-refractivity contribution in [3.63, 3.8) is 0 Å². The van der Waals surface area contributed by atoms with Crippen LogP contribution in [0.15, 0.2) is 53.5 Å². The van der Waals surface area contributed by atoms with E-state index < -0.39 is 11.6 Å². The van der Waals surface area contributed by atoms with Crippen molar-refractivity contribution < 1.29 is 13.6 Å². The van der Waals surface area contributed by atoms with Crippen molar-refractivity contribution >= 4 is 11.9 Å². The van der Waals surface area contributed by atoms with Crippen LogP contribution in [0.1, 0.15) is 24.0 Å². The van der Waals surface area contributed by atoms with Crippen LogP contribution >= 0.6 is 0 Å². The van der Waals surface area contributed by atoms with Gasteiger partial charge in [0.1, 0.15) is 11.6 Å². The first kappa shape index (κ1) is 23.7. The molecule has 1 amide bonds. The van der Waals surface area contributed by atoms with Gasteiger partial charge in [0.15, 0.2) is 5.96 Å². The molecule has 32 heavy (non-hydrogen) atoms. The Morgan fingerprint density at radius 2 is 1.84 bits per heavy atom. The summed E-state index contributed by atoms with van der Waals surface area (Å²) in [4.78, 5) is 20.3. The van der Waals surface area contributed by atoms with Crippen LogP contribution in [0.4, 0.5) is 8.78 Å². The lowest BCUT2D eigenvalue weighted by molar-refractivity contribution is -0.127. The van der Waals surface area contributed by atoms with Crippen molar-refractivity contribution in [3.8, 4) is 0 Å². The van der Waals surface area contributed by atoms with Crippen LogP contribution in [0.3, 0.4) is 0 Å². The second-order valence-electron chi connectivity index (χ2n) is 8.22. The van der Waals surface area contributed by atoms with Gasteiger partial charge in [-0.3, -0.25) is 9.69 Å². The third-order valence-corrected chi connectivity index (χ3v) is 5.50. The Bertz CT molecular complexity index is 912. The number of rotatable bonds is 7. The predicted molar refractivity (Wildman–Crippen MR) is 122 cm³/mol. The van der Waals surface area contributed by atoms with E-state index in [4.69, 9.17) is 0 Å². The lowest BCUT2D eigenvalue weighted by Crippen LogP contribution is -2.50. The van der Waals surface area contributed by atoms with Gasteiger partial charge in [0, 0.05) is 45.3 Å². The van der Waals surface area contributed by atoms with Crippen LogP contribution in [0.2, 0.25) is 0 Å². The van der Waals surface area contributed by atoms with E-state index >= 15 is 0 Å². The van der Waals surface area contributed by atoms with Crippen LogP contribution in [0, 0.1) is 11.6 Å². The van der Waals surface area contributed by atoms with Gasteiger partial charge in [-0.1, -0.05) is 30.3 Å². The largest absolute Gasteiger partial charge is 0.354 e. The molecule has 0 spiro atoms. The van der Waals surface area contributed by atoms with Crippen molar-refractivity contribution in [3.05, 3.63) is 71.3 Å². The summed E-state index contributed by atoms with van der Waals surface area (Å²) in [5.41, 5.74) is 1.46. The number of likely N-dealkylation sites (tertiary alicyclic amines) is 1. The molecule has 1 aliphatic rings. The third-order valence-electron chi connectivity index (χ3n) is 5.50. The van der Waals surface area contributed by atoms with E-state index in [1.807, 2.05) is 6.07 Å². The summed E-state index contributed by atoms with van der Waals surface area (Å²) in [6, 6.07) is 13.9. The second kappa shape index (κ2) is 11.6. The summed E-state index contributed by atoms with van der Waals surface area (Å²) in [5.74, 6) is -0.694. The number of hydrogen-bond donors (Lipinski definition) is 2. The molecule has 0 saturated carbocycles. The smallest absolute Gasteiger partial charge is 0.241 e. The lowest BCUT2D eigenvalue weighted by atomic mass is 10.0. The van der Waals surface area contributed by atoms with Gasteiger partial charge in [-0.15, -0.1) is 0 Å². The molecule has 6 nitrogen and oxygen atoms in total. The molecule has 0 bridgehead atoms. The molecule has 2 aromatic rings. The molecular weight excluding hydrogens is 412 g/mol. The normalized spacial score (nSPS) is 15.4. The molecule has 2 aromatic carbocycles. The maximum atomic E-state index is 14.0. The molecule has 0 atom stereocenters. The molecule has 1 saturated heterocycles. The summed E-state index contributed by atoms with van der Waals surface area (Å²) >= 11 is 0. The first-order chi connectivity index (χ1) is 15.4. The summed E-state index contributed by atoms with van der Waals surface area (Å²) in [7, 11) is 3.36. The van der Waals surface area contributed by atoms with Gasteiger partial charge in [-0.25, -0.2) is 13.8 Å². The molecule has 1 fully saturated rings. The highest BCUT2D eigenvalue weighted by Crippen LogP contribution is 2.14. The van der Waals surface area contributed by atoms with Gasteiger partial charge in [-0.05, 0) is 36.6 Å². The highest BCUT2D eigenvalue weighted by molar-refractivity contribution is 5.86. The number of nitrogens with one attached hydrogen (secondary N) is 2. The molecule has 172 valence electrons. The Kier molecular flexibility index (Phi) is 8.56. The van der Waals surface area contributed by atoms with Gasteiger partial charge in [-0.2, -0.15) is 0 Å². The van der Waals surface area contributed by atoms with Crippen LogP contribution in [-0.4, -0.2) is 61.4 Å². The average molecular weight is 444 g/mol. The topological polar surface area (TPSA) is 60.0 Å². The van der Waals surface area contributed by atoms with E-state index in [9.17, 15) is 13.6 Å². The highest BCUT2D eigenvalue weighted by atomic mass is 19.1. The zero-order valence-corrected chi connectivity index (χ0v) is 18.7. The Morgan fingerprint density at radius 1 is 1.12 bits per heavy atom. The van der Waals surface area contributed by atoms with Crippen molar-refractivity contribution in [1.82, 2.24) is 20.4 Å². The highest BCUT2D eigenvalue weighted by Gasteiger charge is 2.20. The number of aliphatic imine (C=N–C) groups is 1. The van der Waals surface area contributed by atoms with Gasteiger partial charge in [0.05, 0.1) is 13.1 Å². The van der Waals surface area contributed by atoms with Gasteiger partial charge in [0.25, 0.3) is 0 Å². The van der Waals surface area contributed by atoms with E-state index in [0.717, 1.165) is 50.7 Å². The van der Waals surface area contributed by atoms with Crippen molar-refractivity contribution in [2.24, 2.45) is 4.99 Å². The number of hydrogen-bond acceptors (Lipinski definition) is 3. The van der Waals surface area contributed by atoms with Crippen LogP contribution in [0.25, 0.3) is 0 Å². The summed E-state index contributed by atoms with van der Waals surface area (Å²) < 4.78 is 27.5. The van der Waals surface area contributed by atoms with E-state index in [-0.39, 0.29) is 30.6 Å². The van der Waals surface area contributed by atoms with Gasteiger partial charge in [0.2, 0.25) is 5.91 Å². The van der Waals surface area contributed by atoms with Crippen molar-refractivity contribution in [1.29, 1.82) is 0 Å². The molecule has 0 radical (unpaired) electrons. The molecule has 1 aliphatic heterocycles. The predicted octanol–water partition coefficient (Wildman–Crippen LogP) is 2.75. The number of halogens is 2. The first-order valence-electron chi connectivity index (χ1n) is 10.9. The molecule has 2 N–H and O–H groups in total. The maximum Gasteiger partial charge on any atom is 0.241 e. The number of piperidine rings is 1. The standard InChI is InChI=1S/C24H31F2N5O/c1-30(2)23(32)16-28-24(27-15-19-14-20(25)8-9-22(19)26)29-21-10-12-31(13-11-21)17-18-6-4-3-5-7-18/h3-9,14,21H,10-13,15-17H2,1-2H3,(H2,27,28,29). The molecule has 0 aliphatic carbocycles. The molecular formula is C24H31F2N5O. The van der Waals surface area contributed by atoms with E-state index in [2.05, 4.69) is 44.8 Å². The van der Waals surface area contributed by atoms with Crippen LogP contribution < -0.4 is 10.6 Å². The molecule has 3 rings (SSSR count).